The zero-order chi connectivity index (χ0) is 13.4. The topological polar surface area (TPSA) is 49.8 Å². The molecule has 0 radical (unpaired) electrons. The molecule has 1 saturated carbocycles. The average Bonchev–Trinajstić information content (AvgIpc) is 3.16. The van der Waals surface area contributed by atoms with Gasteiger partial charge < -0.3 is 9.84 Å². The van der Waals surface area contributed by atoms with Gasteiger partial charge in [-0.25, -0.2) is 4.39 Å². The molecule has 0 bridgehead atoms. The van der Waals surface area contributed by atoms with E-state index in [9.17, 15) is 14.3 Å². The number of carboxylic acids is 1. The molecule has 3 rings (SSSR count). The molecule has 0 aromatic heterocycles. The number of carbonyl (C=O) groups is 1. The number of carboxylic acid groups (broad SMARTS) is 1. The Kier molecular flexibility index (Phi) is 3.14. The van der Waals surface area contributed by atoms with Crippen LogP contribution in [-0.2, 0) is 11.3 Å². The molecule has 1 heterocycles. The van der Waals surface area contributed by atoms with Crippen molar-refractivity contribution in [1.29, 1.82) is 0 Å². The van der Waals surface area contributed by atoms with Crippen LogP contribution in [0.2, 0.25) is 0 Å². The minimum atomic E-state index is -0.789. The summed E-state index contributed by atoms with van der Waals surface area (Å²) in [5.74, 6) is -0.221. The third-order valence-corrected chi connectivity index (χ3v) is 3.75. The first-order chi connectivity index (χ1) is 9.15. The highest BCUT2D eigenvalue weighted by Gasteiger charge is 2.40. The van der Waals surface area contributed by atoms with Crippen molar-refractivity contribution < 1.29 is 19.0 Å². The van der Waals surface area contributed by atoms with E-state index in [-0.39, 0.29) is 11.7 Å². The van der Waals surface area contributed by atoms with Crippen LogP contribution in [0.4, 0.5) is 4.39 Å². The Hall–Kier alpha value is -1.62. The SMILES string of the molecule is O=C(O)C(C1CC1)N1CCOc2ccc(F)cc2C1. The number of benzene rings is 1. The Morgan fingerprint density at radius 3 is 2.95 bits per heavy atom. The maximum absolute atomic E-state index is 13.3. The number of hydrogen-bond acceptors (Lipinski definition) is 3. The smallest absolute Gasteiger partial charge is 0.321 e. The van der Waals surface area contributed by atoms with E-state index in [1.165, 1.54) is 12.1 Å². The fourth-order valence-electron chi connectivity index (χ4n) is 2.69. The Morgan fingerprint density at radius 1 is 1.47 bits per heavy atom. The van der Waals surface area contributed by atoms with Crippen LogP contribution in [0, 0.1) is 11.7 Å². The highest BCUT2D eigenvalue weighted by Crippen LogP contribution is 2.37. The van der Waals surface area contributed by atoms with Gasteiger partial charge in [0.1, 0.15) is 24.2 Å². The minimum absolute atomic E-state index is 0.229. The van der Waals surface area contributed by atoms with Gasteiger partial charge in [-0.1, -0.05) is 0 Å². The van der Waals surface area contributed by atoms with Gasteiger partial charge in [0.2, 0.25) is 0 Å². The summed E-state index contributed by atoms with van der Waals surface area (Å²) in [5.41, 5.74) is 0.726. The molecule has 1 aromatic rings. The molecule has 2 aliphatic rings. The first kappa shape index (κ1) is 12.4. The maximum atomic E-state index is 13.3. The number of ether oxygens (including phenoxy) is 1. The van der Waals surface area contributed by atoms with Gasteiger partial charge >= 0.3 is 5.97 Å². The summed E-state index contributed by atoms with van der Waals surface area (Å²) >= 11 is 0. The zero-order valence-corrected chi connectivity index (χ0v) is 10.5. The van der Waals surface area contributed by atoms with Crippen LogP contribution in [0.25, 0.3) is 0 Å². The van der Waals surface area contributed by atoms with Gasteiger partial charge in [-0.15, -0.1) is 0 Å². The Balaban J connectivity index is 1.86. The molecule has 1 aliphatic carbocycles. The van der Waals surface area contributed by atoms with Crippen molar-refractivity contribution in [3.05, 3.63) is 29.6 Å². The summed E-state index contributed by atoms with van der Waals surface area (Å²) < 4.78 is 18.9. The van der Waals surface area contributed by atoms with Crippen LogP contribution in [-0.4, -0.2) is 35.2 Å². The third kappa shape index (κ3) is 2.56. The second-order valence-corrected chi connectivity index (χ2v) is 5.19. The van der Waals surface area contributed by atoms with Crippen LogP contribution < -0.4 is 4.74 Å². The van der Waals surface area contributed by atoms with E-state index in [4.69, 9.17) is 4.74 Å². The molecule has 0 amide bonds. The normalized spacial score (nSPS) is 21.1. The van der Waals surface area contributed by atoms with E-state index in [0.717, 1.165) is 18.4 Å². The number of nitrogens with zero attached hydrogens (tertiary/aromatic N) is 1. The van der Waals surface area contributed by atoms with E-state index >= 15 is 0 Å². The highest BCUT2D eigenvalue weighted by atomic mass is 19.1. The molecule has 1 atom stereocenters. The van der Waals surface area contributed by atoms with Gasteiger partial charge in [0, 0.05) is 18.7 Å². The molecule has 5 heteroatoms. The van der Waals surface area contributed by atoms with Crippen molar-refractivity contribution in [2.45, 2.75) is 25.4 Å². The number of hydrogen-bond donors (Lipinski definition) is 1. The number of halogens is 1. The standard InChI is InChI=1S/C14H16FNO3/c15-11-3-4-12-10(7-11)8-16(5-6-19-12)13(14(17)18)9-1-2-9/h3-4,7,9,13H,1-2,5-6,8H2,(H,17,18). The van der Waals surface area contributed by atoms with Crippen molar-refractivity contribution in [1.82, 2.24) is 4.90 Å². The van der Waals surface area contributed by atoms with Crippen LogP contribution in [0.5, 0.6) is 5.75 Å². The van der Waals surface area contributed by atoms with Crippen molar-refractivity contribution in [2.24, 2.45) is 5.92 Å². The molecule has 1 aliphatic heterocycles. The summed E-state index contributed by atoms with van der Waals surface area (Å²) in [6.07, 6.45) is 1.93. The van der Waals surface area contributed by atoms with Crippen LogP contribution in [0.15, 0.2) is 18.2 Å². The van der Waals surface area contributed by atoms with Gasteiger partial charge in [-0.05, 0) is 37.0 Å². The summed E-state index contributed by atoms with van der Waals surface area (Å²) in [7, 11) is 0. The number of aliphatic carboxylic acids is 1. The van der Waals surface area contributed by atoms with E-state index in [0.29, 0.717) is 25.4 Å². The average molecular weight is 265 g/mol. The van der Waals surface area contributed by atoms with Gasteiger partial charge in [0.15, 0.2) is 0 Å². The lowest BCUT2D eigenvalue weighted by Crippen LogP contribution is -2.43. The van der Waals surface area contributed by atoms with Crippen molar-refractivity contribution in [3.63, 3.8) is 0 Å². The fourth-order valence-corrected chi connectivity index (χ4v) is 2.69. The van der Waals surface area contributed by atoms with E-state index in [2.05, 4.69) is 0 Å². The molecular formula is C14H16FNO3. The first-order valence-electron chi connectivity index (χ1n) is 6.53. The first-order valence-corrected chi connectivity index (χ1v) is 6.53. The van der Waals surface area contributed by atoms with Crippen LogP contribution in [0.1, 0.15) is 18.4 Å². The fraction of sp³-hybridized carbons (Fsp3) is 0.500. The van der Waals surface area contributed by atoms with Crippen molar-refractivity contribution >= 4 is 5.97 Å². The zero-order valence-electron chi connectivity index (χ0n) is 10.5. The van der Waals surface area contributed by atoms with E-state index in [1.807, 2.05) is 4.90 Å². The second-order valence-electron chi connectivity index (χ2n) is 5.19. The molecule has 1 fully saturated rings. The molecule has 1 aromatic carbocycles. The predicted molar refractivity (Wildman–Crippen MR) is 66.5 cm³/mol. The highest BCUT2D eigenvalue weighted by molar-refractivity contribution is 5.74. The third-order valence-electron chi connectivity index (χ3n) is 3.75. The summed E-state index contributed by atoms with van der Waals surface area (Å²) in [6.45, 7) is 1.43. The molecular weight excluding hydrogens is 249 g/mol. The monoisotopic (exact) mass is 265 g/mol. The molecule has 1 unspecified atom stereocenters. The predicted octanol–water partition coefficient (Wildman–Crippen LogP) is 1.88. The number of rotatable bonds is 3. The molecule has 102 valence electrons. The minimum Gasteiger partial charge on any atom is -0.492 e. The lowest BCUT2D eigenvalue weighted by molar-refractivity contribution is -0.144. The lowest BCUT2D eigenvalue weighted by atomic mass is 10.1. The molecule has 19 heavy (non-hydrogen) atoms. The van der Waals surface area contributed by atoms with Crippen molar-refractivity contribution in [2.75, 3.05) is 13.2 Å². The molecule has 0 saturated heterocycles. The molecule has 0 spiro atoms. The summed E-state index contributed by atoms with van der Waals surface area (Å²) in [6, 6.07) is 3.93. The quantitative estimate of drug-likeness (QED) is 0.906. The molecule has 1 N–H and O–H groups in total. The Labute approximate surface area is 110 Å². The van der Waals surface area contributed by atoms with Gasteiger partial charge in [0.25, 0.3) is 0 Å². The maximum Gasteiger partial charge on any atom is 0.321 e. The van der Waals surface area contributed by atoms with E-state index < -0.39 is 12.0 Å². The summed E-state index contributed by atoms with van der Waals surface area (Å²) in [4.78, 5) is 13.3. The van der Waals surface area contributed by atoms with Gasteiger partial charge in [-0.3, -0.25) is 9.69 Å². The Morgan fingerprint density at radius 2 is 2.26 bits per heavy atom. The lowest BCUT2D eigenvalue weighted by Gasteiger charge is -2.26. The van der Waals surface area contributed by atoms with Gasteiger partial charge in [0.05, 0.1) is 0 Å². The largest absolute Gasteiger partial charge is 0.492 e. The molecule has 4 nitrogen and oxygen atoms in total. The van der Waals surface area contributed by atoms with E-state index in [1.54, 1.807) is 6.07 Å². The van der Waals surface area contributed by atoms with Crippen LogP contribution in [0.3, 0.4) is 0 Å². The Bertz CT molecular complexity index is 501. The second kappa shape index (κ2) is 4.81. The van der Waals surface area contributed by atoms with Gasteiger partial charge in [-0.2, -0.15) is 0 Å². The summed E-state index contributed by atoms with van der Waals surface area (Å²) in [5, 5.41) is 9.37. The van der Waals surface area contributed by atoms with Crippen LogP contribution >= 0.6 is 0 Å². The number of fused-ring (bicyclic) bond motifs is 1. The van der Waals surface area contributed by atoms with Crippen molar-refractivity contribution in [3.8, 4) is 5.75 Å².